The number of carbonyl (C=O) groups excluding carboxylic acids is 1. The lowest BCUT2D eigenvalue weighted by molar-refractivity contribution is 0.102. The third-order valence-electron chi connectivity index (χ3n) is 3.13. The van der Waals surface area contributed by atoms with Crippen LogP contribution >= 0.6 is 23.1 Å². The fraction of sp³-hybridized carbons (Fsp3) is 0.118. The summed E-state index contributed by atoms with van der Waals surface area (Å²) in [6.07, 6.45) is 0. The van der Waals surface area contributed by atoms with Crippen LogP contribution in [0, 0.1) is 6.92 Å². The number of rotatable bonds is 5. The summed E-state index contributed by atoms with van der Waals surface area (Å²) in [5.74, 6) is 0.517. The summed E-state index contributed by atoms with van der Waals surface area (Å²) in [5, 5.41) is 11.1. The first-order valence-electron chi connectivity index (χ1n) is 6.82. The van der Waals surface area contributed by atoms with Crippen LogP contribution in [0.5, 0.6) is 0 Å². The summed E-state index contributed by atoms with van der Waals surface area (Å²) < 4.78 is 0. The number of aryl methyl sites for hydroxylation is 1. The number of ketones is 1. The molecule has 0 spiro atoms. The van der Waals surface area contributed by atoms with E-state index < -0.39 is 0 Å². The first-order chi connectivity index (χ1) is 10.7. The largest absolute Gasteiger partial charge is 0.292 e. The van der Waals surface area contributed by atoms with E-state index in [9.17, 15) is 4.79 Å². The summed E-state index contributed by atoms with van der Waals surface area (Å²) >= 11 is 2.88. The van der Waals surface area contributed by atoms with Gasteiger partial charge in [-0.15, -0.1) is 21.5 Å². The van der Waals surface area contributed by atoms with Crippen molar-refractivity contribution in [3.63, 3.8) is 0 Å². The second-order valence-corrected chi connectivity index (χ2v) is 6.76. The molecule has 0 radical (unpaired) electrons. The van der Waals surface area contributed by atoms with E-state index in [4.69, 9.17) is 0 Å². The molecule has 0 amide bonds. The van der Waals surface area contributed by atoms with Crippen molar-refractivity contribution in [2.45, 2.75) is 11.9 Å². The van der Waals surface area contributed by atoms with Crippen LogP contribution in [-0.2, 0) is 0 Å². The van der Waals surface area contributed by atoms with E-state index in [1.165, 1.54) is 28.7 Å². The number of benzene rings is 1. The second-order valence-electron chi connectivity index (χ2n) is 4.81. The predicted molar refractivity (Wildman–Crippen MR) is 91.6 cm³/mol. The quantitative estimate of drug-likeness (QED) is 0.512. The molecule has 0 N–H and O–H groups in total. The van der Waals surface area contributed by atoms with Crippen LogP contribution in [0.3, 0.4) is 0 Å². The molecule has 3 rings (SSSR count). The van der Waals surface area contributed by atoms with Crippen molar-refractivity contribution in [2.75, 3.05) is 5.75 Å². The van der Waals surface area contributed by atoms with Crippen molar-refractivity contribution in [3.05, 3.63) is 64.4 Å². The molecule has 0 fully saturated rings. The molecule has 0 saturated heterocycles. The Labute approximate surface area is 137 Å². The molecule has 110 valence electrons. The maximum absolute atomic E-state index is 11.9. The van der Waals surface area contributed by atoms with Gasteiger partial charge in [0.15, 0.2) is 5.78 Å². The number of hydrogen-bond donors (Lipinski definition) is 0. The fourth-order valence-corrected chi connectivity index (χ4v) is 3.38. The highest BCUT2D eigenvalue weighted by molar-refractivity contribution is 7.99. The number of hydrogen-bond acceptors (Lipinski definition) is 5. The van der Waals surface area contributed by atoms with Crippen molar-refractivity contribution >= 4 is 28.9 Å². The van der Waals surface area contributed by atoms with E-state index in [0.717, 1.165) is 21.2 Å². The Kier molecular flexibility index (Phi) is 4.65. The number of nitrogens with zero attached hydrogens (tertiary/aromatic N) is 2. The van der Waals surface area contributed by atoms with Gasteiger partial charge in [-0.25, -0.2) is 0 Å². The van der Waals surface area contributed by atoms with Gasteiger partial charge in [-0.05, 0) is 30.5 Å². The zero-order valence-corrected chi connectivity index (χ0v) is 13.7. The first kappa shape index (κ1) is 14.9. The van der Waals surface area contributed by atoms with E-state index in [-0.39, 0.29) is 5.78 Å². The molecule has 0 aliphatic heterocycles. The third kappa shape index (κ3) is 3.61. The minimum atomic E-state index is 0.129. The van der Waals surface area contributed by atoms with Crippen molar-refractivity contribution in [1.82, 2.24) is 10.2 Å². The molecule has 0 unspecified atom stereocenters. The molecular formula is C17H14N2OS2. The summed E-state index contributed by atoms with van der Waals surface area (Å²) in [4.78, 5) is 12.7. The highest BCUT2D eigenvalue weighted by Gasteiger charge is 2.08. The van der Waals surface area contributed by atoms with Crippen molar-refractivity contribution < 1.29 is 4.79 Å². The van der Waals surface area contributed by atoms with Crippen LogP contribution in [0.4, 0.5) is 0 Å². The van der Waals surface area contributed by atoms with Gasteiger partial charge in [0.2, 0.25) is 0 Å². The lowest BCUT2D eigenvalue weighted by Crippen LogP contribution is -2.00. The SMILES string of the molecule is Cc1ccc(-c2ccc(SCC(=O)c3cccs3)nn2)cc1. The van der Waals surface area contributed by atoms with Gasteiger partial charge in [0.05, 0.1) is 16.3 Å². The molecular weight excluding hydrogens is 312 g/mol. The lowest BCUT2D eigenvalue weighted by Gasteiger charge is -2.02. The molecule has 2 heterocycles. The Morgan fingerprint density at radius 2 is 1.91 bits per heavy atom. The molecule has 0 saturated carbocycles. The van der Waals surface area contributed by atoms with Gasteiger partial charge in [0, 0.05) is 5.56 Å². The monoisotopic (exact) mass is 326 g/mol. The number of Topliss-reactive ketones (excluding diaryl/α,β-unsaturated/α-hetero) is 1. The predicted octanol–water partition coefficient (Wildman–Crippen LogP) is 4.49. The van der Waals surface area contributed by atoms with Crippen molar-refractivity contribution in [3.8, 4) is 11.3 Å². The van der Waals surface area contributed by atoms with Gasteiger partial charge in [0.1, 0.15) is 5.03 Å². The number of aromatic nitrogens is 2. The van der Waals surface area contributed by atoms with Crippen molar-refractivity contribution in [2.24, 2.45) is 0 Å². The van der Waals surface area contributed by atoms with Crippen LogP contribution in [0.15, 0.2) is 58.9 Å². The van der Waals surface area contributed by atoms with Crippen LogP contribution in [-0.4, -0.2) is 21.7 Å². The molecule has 0 aliphatic rings. The number of carbonyl (C=O) groups is 1. The summed E-state index contributed by atoms with van der Waals surface area (Å²) in [5.41, 5.74) is 3.11. The lowest BCUT2D eigenvalue weighted by atomic mass is 10.1. The smallest absolute Gasteiger partial charge is 0.183 e. The molecule has 22 heavy (non-hydrogen) atoms. The third-order valence-corrected chi connectivity index (χ3v) is 4.97. The van der Waals surface area contributed by atoms with Crippen LogP contribution in [0.25, 0.3) is 11.3 Å². The van der Waals surface area contributed by atoms with E-state index in [0.29, 0.717) is 5.75 Å². The zero-order valence-electron chi connectivity index (χ0n) is 12.0. The van der Waals surface area contributed by atoms with Crippen molar-refractivity contribution in [1.29, 1.82) is 0 Å². The first-order valence-corrected chi connectivity index (χ1v) is 8.69. The van der Waals surface area contributed by atoms with E-state index in [1.54, 1.807) is 0 Å². The topological polar surface area (TPSA) is 42.9 Å². The molecule has 2 aromatic heterocycles. The van der Waals surface area contributed by atoms with Gasteiger partial charge in [-0.1, -0.05) is 47.7 Å². The highest BCUT2D eigenvalue weighted by Crippen LogP contribution is 2.21. The Hall–Kier alpha value is -1.98. The zero-order chi connectivity index (χ0) is 15.4. The van der Waals surface area contributed by atoms with Crippen LogP contribution < -0.4 is 0 Å². The Balaban J connectivity index is 1.64. The maximum atomic E-state index is 11.9. The fourth-order valence-electron chi connectivity index (χ4n) is 1.92. The van der Waals surface area contributed by atoms with E-state index >= 15 is 0 Å². The summed E-state index contributed by atoms with van der Waals surface area (Å²) in [6, 6.07) is 15.8. The average molecular weight is 326 g/mol. The average Bonchev–Trinajstić information content (AvgIpc) is 3.08. The minimum absolute atomic E-state index is 0.129. The summed E-state index contributed by atoms with van der Waals surface area (Å²) in [6.45, 7) is 2.06. The minimum Gasteiger partial charge on any atom is -0.292 e. The Bertz CT molecular complexity index is 750. The highest BCUT2D eigenvalue weighted by atomic mass is 32.2. The van der Waals surface area contributed by atoms with Gasteiger partial charge < -0.3 is 0 Å². The molecule has 0 aliphatic carbocycles. The molecule has 3 nitrogen and oxygen atoms in total. The van der Waals surface area contributed by atoms with Gasteiger partial charge in [0.25, 0.3) is 0 Å². The Morgan fingerprint density at radius 3 is 2.55 bits per heavy atom. The molecule has 0 atom stereocenters. The molecule has 1 aromatic carbocycles. The van der Waals surface area contributed by atoms with E-state index in [2.05, 4.69) is 29.3 Å². The molecule has 0 bridgehead atoms. The second kappa shape index (κ2) is 6.85. The van der Waals surface area contributed by atoms with Crippen LogP contribution in [0.1, 0.15) is 15.2 Å². The normalized spacial score (nSPS) is 10.6. The number of thiophene rings is 1. The standard InChI is InChI=1S/C17H14N2OS2/c1-12-4-6-13(7-5-12)14-8-9-17(19-18-14)22-11-15(20)16-3-2-10-21-16/h2-10H,11H2,1H3. The number of thioether (sulfide) groups is 1. The van der Waals surface area contributed by atoms with Gasteiger partial charge in [-0.2, -0.15) is 0 Å². The maximum Gasteiger partial charge on any atom is 0.183 e. The van der Waals surface area contributed by atoms with E-state index in [1.807, 2.05) is 41.8 Å². The summed E-state index contributed by atoms with van der Waals surface area (Å²) in [7, 11) is 0. The Morgan fingerprint density at radius 1 is 1.09 bits per heavy atom. The van der Waals surface area contributed by atoms with Crippen LogP contribution in [0.2, 0.25) is 0 Å². The van der Waals surface area contributed by atoms with Gasteiger partial charge in [-0.3, -0.25) is 4.79 Å². The molecule has 5 heteroatoms. The molecule has 3 aromatic rings. The van der Waals surface area contributed by atoms with Gasteiger partial charge >= 0.3 is 0 Å².